The van der Waals surface area contributed by atoms with Gasteiger partial charge >= 0.3 is 0 Å². The van der Waals surface area contributed by atoms with Crippen LogP contribution in [0.2, 0.25) is 0 Å². The van der Waals surface area contributed by atoms with Crippen molar-refractivity contribution in [3.8, 4) is 0 Å². The highest BCUT2D eigenvalue weighted by Crippen LogP contribution is 2.33. The maximum atomic E-state index is 10.1. The number of hydrogen-bond donors (Lipinski definition) is 3. The van der Waals surface area contributed by atoms with E-state index in [0.29, 0.717) is 13.0 Å². The molecule has 14 heavy (non-hydrogen) atoms. The first-order chi connectivity index (χ1) is 6.20. The Labute approximate surface area is 87.5 Å². The Bertz CT molecular complexity index is 161. The Morgan fingerprint density at radius 2 is 1.71 bits per heavy atom. The molecule has 86 valence electrons. The van der Waals surface area contributed by atoms with Crippen molar-refractivity contribution in [2.45, 2.75) is 52.7 Å². The minimum atomic E-state index is -0.832. The van der Waals surface area contributed by atoms with Gasteiger partial charge in [-0.1, -0.05) is 27.7 Å². The molecule has 3 heteroatoms. The minimum absolute atomic E-state index is 0.208. The molecule has 0 aromatic carbocycles. The van der Waals surface area contributed by atoms with E-state index in [0.717, 1.165) is 6.54 Å². The van der Waals surface area contributed by atoms with Gasteiger partial charge in [-0.15, -0.1) is 0 Å². The number of aliphatic hydroxyl groups is 2. The van der Waals surface area contributed by atoms with Gasteiger partial charge in [-0.2, -0.15) is 0 Å². The molecule has 0 spiro atoms. The van der Waals surface area contributed by atoms with Crippen molar-refractivity contribution in [3.63, 3.8) is 0 Å². The molecule has 3 nitrogen and oxygen atoms in total. The predicted molar refractivity (Wildman–Crippen MR) is 59.2 cm³/mol. The highest BCUT2D eigenvalue weighted by Gasteiger charge is 2.36. The van der Waals surface area contributed by atoms with E-state index in [-0.39, 0.29) is 5.41 Å². The van der Waals surface area contributed by atoms with Gasteiger partial charge in [0.05, 0.1) is 11.7 Å². The lowest BCUT2D eigenvalue weighted by molar-refractivity contribution is -0.0736. The number of rotatable bonds is 5. The van der Waals surface area contributed by atoms with Crippen molar-refractivity contribution < 1.29 is 10.2 Å². The molecule has 0 heterocycles. The minimum Gasteiger partial charge on any atom is -0.392 e. The number of nitrogens with one attached hydrogen (secondary N) is 1. The first-order valence-corrected chi connectivity index (χ1v) is 5.32. The quantitative estimate of drug-likeness (QED) is 0.628. The standard InChI is InChI=1S/C11H25NO2/c1-6-12-8-9(13)7-11(5,14)10(2,3)4/h9,12-14H,6-8H2,1-5H3/t9-,11+/m1/s1. The first kappa shape index (κ1) is 13.9. The van der Waals surface area contributed by atoms with Gasteiger partial charge in [0.15, 0.2) is 0 Å². The van der Waals surface area contributed by atoms with Crippen molar-refractivity contribution in [1.29, 1.82) is 0 Å². The molecule has 0 amide bonds. The Morgan fingerprint density at radius 3 is 2.07 bits per heavy atom. The van der Waals surface area contributed by atoms with Gasteiger partial charge in [0.25, 0.3) is 0 Å². The van der Waals surface area contributed by atoms with Crippen LogP contribution in [0.5, 0.6) is 0 Å². The molecule has 0 aromatic rings. The summed E-state index contributed by atoms with van der Waals surface area (Å²) >= 11 is 0. The van der Waals surface area contributed by atoms with Crippen molar-refractivity contribution in [3.05, 3.63) is 0 Å². The van der Waals surface area contributed by atoms with Gasteiger partial charge in [0, 0.05) is 13.0 Å². The van der Waals surface area contributed by atoms with E-state index in [1.807, 2.05) is 27.7 Å². The predicted octanol–water partition coefficient (Wildman–Crippen LogP) is 1.14. The van der Waals surface area contributed by atoms with Crippen molar-refractivity contribution in [2.24, 2.45) is 5.41 Å². The van der Waals surface area contributed by atoms with Crippen LogP contribution in [0.1, 0.15) is 41.0 Å². The number of hydrogen-bond acceptors (Lipinski definition) is 3. The summed E-state index contributed by atoms with van der Waals surface area (Å²) in [6, 6.07) is 0. The Kier molecular flexibility index (Phi) is 5.06. The van der Waals surface area contributed by atoms with Gasteiger partial charge in [0.1, 0.15) is 0 Å². The van der Waals surface area contributed by atoms with Crippen LogP contribution in [0, 0.1) is 5.41 Å². The Morgan fingerprint density at radius 1 is 1.21 bits per heavy atom. The van der Waals surface area contributed by atoms with Gasteiger partial charge in [0.2, 0.25) is 0 Å². The average Bonchev–Trinajstić information content (AvgIpc) is 1.97. The highest BCUT2D eigenvalue weighted by atomic mass is 16.3. The first-order valence-electron chi connectivity index (χ1n) is 5.32. The second-order valence-corrected chi connectivity index (χ2v) is 5.19. The summed E-state index contributed by atoms with van der Waals surface area (Å²) < 4.78 is 0. The molecule has 0 aliphatic rings. The van der Waals surface area contributed by atoms with Crippen LogP contribution in [-0.2, 0) is 0 Å². The Balaban J connectivity index is 4.08. The van der Waals surface area contributed by atoms with E-state index < -0.39 is 11.7 Å². The molecule has 0 aliphatic carbocycles. The molecule has 0 aromatic heterocycles. The summed E-state index contributed by atoms with van der Waals surface area (Å²) in [6.45, 7) is 11.1. The molecular weight excluding hydrogens is 178 g/mol. The molecular formula is C11H25NO2. The summed E-state index contributed by atoms with van der Waals surface area (Å²) in [6.07, 6.45) is -0.0760. The second kappa shape index (κ2) is 5.10. The van der Waals surface area contributed by atoms with E-state index in [1.54, 1.807) is 6.92 Å². The Hall–Kier alpha value is -0.120. The largest absolute Gasteiger partial charge is 0.392 e. The molecule has 3 N–H and O–H groups in total. The van der Waals surface area contributed by atoms with E-state index in [4.69, 9.17) is 0 Å². The van der Waals surface area contributed by atoms with Gasteiger partial charge in [-0.25, -0.2) is 0 Å². The van der Waals surface area contributed by atoms with Crippen molar-refractivity contribution in [2.75, 3.05) is 13.1 Å². The van der Waals surface area contributed by atoms with E-state index in [2.05, 4.69) is 5.32 Å². The average molecular weight is 203 g/mol. The normalized spacial score (nSPS) is 19.1. The smallest absolute Gasteiger partial charge is 0.0692 e. The molecule has 0 saturated heterocycles. The van der Waals surface area contributed by atoms with Crippen LogP contribution in [0.15, 0.2) is 0 Å². The third kappa shape index (κ3) is 4.40. The van der Waals surface area contributed by atoms with Gasteiger partial charge in [-0.3, -0.25) is 0 Å². The van der Waals surface area contributed by atoms with E-state index >= 15 is 0 Å². The third-order valence-corrected chi connectivity index (χ3v) is 2.88. The SMILES string of the molecule is CCNC[C@H](O)C[C@](C)(O)C(C)(C)C. The zero-order valence-electron chi connectivity index (χ0n) is 10.1. The van der Waals surface area contributed by atoms with Crippen molar-refractivity contribution in [1.82, 2.24) is 5.32 Å². The summed E-state index contributed by atoms with van der Waals surface area (Å²) in [4.78, 5) is 0. The molecule has 0 bridgehead atoms. The second-order valence-electron chi connectivity index (χ2n) is 5.19. The molecule has 0 unspecified atom stereocenters. The van der Waals surface area contributed by atoms with E-state index in [1.165, 1.54) is 0 Å². The van der Waals surface area contributed by atoms with Crippen LogP contribution in [0.3, 0.4) is 0 Å². The molecule has 2 atom stereocenters. The lowest BCUT2D eigenvalue weighted by atomic mass is 9.74. The van der Waals surface area contributed by atoms with Crippen LogP contribution in [0.4, 0.5) is 0 Å². The van der Waals surface area contributed by atoms with Gasteiger partial charge in [-0.05, 0) is 18.9 Å². The lowest BCUT2D eigenvalue weighted by Gasteiger charge is -2.38. The summed E-state index contributed by atoms with van der Waals surface area (Å²) in [5, 5.41) is 22.9. The maximum absolute atomic E-state index is 10.1. The summed E-state index contributed by atoms with van der Waals surface area (Å²) in [5.74, 6) is 0. The molecule has 0 saturated carbocycles. The molecule has 0 rings (SSSR count). The monoisotopic (exact) mass is 203 g/mol. The molecule has 0 fully saturated rings. The topological polar surface area (TPSA) is 52.5 Å². The number of aliphatic hydroxyl groups excluding tert-OH is 1. The zero-order chi connectivity index (χ0) is 11.4. The van der Waals surface area contributed by atoms with Crippen LogP contribution >= 0.6 is 0 Å². The fourth-order valence-corrected chi connectivity index (χ4v) is 1.15. The fraction of sp³-hybridized carbons (Fsp3) is 1.00. The maximum Gasteiger partial charge on any atom is 0.0692 e. The van der Waals surface area contributed by atoms with Crippen molar-refractivity contribution >= 4 is 0 Å². The number of likely N-dealkylation sites (N-methyl/N-ethyl adjacent to an activating group) is 1. The highest BCUT2D eigenvalue weighted by molar-refractivity contribution is 4.88. The molecule has 0 aliphatic heterocycles. The van der Waals surface area contributed by atoms with Crippen LogP contribution in [0.25, 0.3) is 0 Å². The zero-order valence-corrected chi connectivity index (χ0v) is 10.1. The van der Waals surface area contributed by atoms with Gasteiger partial charge < -0.3 is 15.5 Å². The lowest BCUT2D eigenvalue weighted by Crippen LogP contribution is -2.44. The third-order valence-electron chi connectivity index (χ3n) is 2.88. The van der Waals surface area contributed by atoms with Crippen LogP contribution in [-0.4, -0.2) is 35.0 Å². The fourth-order valence-electron chi connectivity index (χ4n) is 1.15. The van der Waals surface area contributed by atoms with Crippen LogP contribution < -0.4 is 5.32 Å². The molecule has 0 radical (unpaired) electrons. The summed E-state index contributed by atoms with van der Waals surface area (Å²) in [7, 11) is 0. The van der Waals surface area contributed by atoms with E-state index in [9.17, 15) is 10.2 Å². The summed E-state index contributed by atoms with van der Waals surface area (Å²) in [5.41, 5.74) is -1.04.